The van der Waals surface area contributed by atoms with Gasteiger partial charge in [-0.05, 0) is 91.3 Å². The minimum Gasteiger partial charge on any atom is -0.461 e. The number of alkyl halides is 1. The van der Waals surface area contributed by atoms with Gasteiger partial charge in [-0.1, -0.05) is 65.5 Å². The summed E-state index contributed by atoms with van der Waals surface area (Å²) in [5.74, 6) is 4.92. The predicted octanol–water partition coefficient (Wildman–Crippen LogP) is 8.18. The molecule has 4 aliphatic rings. The van der Waals surface area contributed by atoms with Gasteiger partial charge in [0.15, 0.2) is 0 Å². The van der Waals surface area contributed by atoms with Crippen LogP contribution in [0.1, 0.15) is 105 Å². The van der Waals surface area contributed by atoms with E-state index in [9.17, 15) is 4.79 Å². The summed E-state index contributed by atoms with van der Waals surface area (Å²) < 4.78 is 5.63. The van der Waals surface area contributed by atoms with Crippen molar-refractivity contribution in [3.63, 3.8) is 0 Å². The predicted molar refractivity (Wildman–Crippen MR) is 134 cm³/mol. The molecule has 0 aliphatic heterocycles. The lowest BCUT2D eigenvalue weighted by molar-refractivity contribution is -0.148. The summed E-state index contributed by atoms with van der Waals surface area (Å²) in [7, 11) is 0. The first-order valence-corrected chi connectivity index (χ1v) is 14.2. The van der Waals surface area contributed by atoms with E-state index in [0.717, 1.165) is 48.3 Å². The lowest BCUT2D eigenvalue weighted by Crippen LogP contribution is -2.51. The van der Waals surface area contributed by atoms with Gasteiger partial charge in [0.1, 0.15) is 12.0 Å². The van der Waals surface area contributed by atoms with E-state index < -0.39 is 0 Å². The van der Waals surface area contributed by atoms with Gasteiger partial charge in [-0.3, -0.25) is 4.79 Å². The fraction of sp³-hybridized carbons (Fsp3) is 0.897. The van der Waals surface area contributed by atoms with Crippen molar-refractivity contribution in [2.75, 3.05) is 5.88 Å². The normalized spacial score (nSPS) is 42.0. The molecule has 32 heavy (non-hydrogen) atoms. The number of allylic oxidation sites excluding steroid dienone is 1. The average Bonchev–Trinajstić information content (AvgIpc) is 3.11. The Balaban J connectivity index is 1.45. The number of rotatable bonds is 7. The number of esters is 1. The Kier molecular flexibility index (Phi) is 7.41. The van der Waals surface area contributed by atoms with E-state index in [1.54, 1.807) is 5.57 Å². The van der Waals surface area contributed by atoms with Gasteiger partial charge in [-0.2, -0.15) is 0 Å². The zero-order valence-corrected chi connectivity index (χ0v) is 22.1. The second kappa shape index (κ2) is 9.63. The maximum atomic E-state index is 11.7. The highest BCUT2D eigenvalue weighted by molar-refractivity contribution is 6.26. The molecule has 0 bridgehead atoms. The van der Waals surface area contributed by atoms with E-state index in [4.69, 9.17) is 16.3 Å². The third-order valence-corrected chi connectivity index (χ3v) is 10.9. The van der Waals surface area contributed by atoms with Crippen molar-refractivity contribution >= 4 is 17.6 Å². The lowest BCUT2D eigenvalue weighted by atomic mass is 9.47. The van der Waals surface area contributed by atoms with Crippen LogP contribution < -0.4 is 0 Å². The molecule has 3 fully saturated rings. The molecule has 0 N–H and O–H groups in total. The average molecular weight is 463 g/mol. The maximum Gasteiger partial charge on any atom is 0.321 e. The molecule has 0 aromatic rings. The Morgan fingerprint density at radius 3 is 2.59 bits per heavy atom. The van der Waals surface area contributed by atoms with Crippen molar-refractivity contribution < 1.29 is 9.53 Å². The Hall–Kier alpha value is -0.500. The summed E-state index contributed by atoms with van der Waals surface area (Å²) in [6, 6.07) is 0. The number of fused-ring (bicyclic) bond motifs is 5. The Morgan fingerprint density at radius 2 is 1.88 bits per heavy atom. The molecular weight excluding hydrogens is 416 g/mol. The molecule has 0 heterocycles. The largest absolute Gasteiger partial charge is 0.461 e. The highest BCUT2D eigenvalue weighted by Gasteiger charge is 2.59. The third kappa shape index (κ3) is 4.44. The lowest BCUT2D eigenvalue weighted by Gasteiger charge is -2.58. The fourth-order valence-corrected chi connectivity index (χ4v) is 9.03. The molecule has 0 amide bonds. The van der Waals surface area contributed by atoms with Crippen molar-refractivity contribution in [2.45, 2.75) is 111 Å². The van der Waals surface area contributed by atoms with E-state index in [1.165, 1.54) is 57.8 Å². The summed E-state index contributed by atoms with van der Waals surface area (Å²) in [5.41, 5.74) is 2.44. The van der Waals surface area contributed by atoms with Gasteiger partial charge in [0, 0.05) is 6.42 Å². The Bertz CT molecular complexity index is 714. The monoisotopic (exact) mass is 462 g/mol. The molecule has 8 atom stereocenters. The molecular formula is C29H47ClO2. The standard InChI is InChI=1S/C29H47ClO2/c1-19(2)7-6-8-20(3)24-11-12-25-23-10-9-21-17-22(32-27(31)18-30)13-15-28(21,4)26(23)14-16-29(24,25)5/h9,19-20,22-26H,6-8,10-18H2,1-5H3/t20-,22+,23-,24+,25-,26-,28-,29+/m0/s1. The van der Waals surface area contributed by atoms with E-state index in [-0.39, 0.29) is 18.0 Å². The minimum atomic E-state index is -0.262. The quantitative estimate of drug-likeness (QED) is 0.216. The number of carbonyl (C=O) groups excluding carboxylic acids is 1. The van der Waals surface area contributed by atoms with Crippen molar-refractivity contribution in [2.24, 2.45) is 46.3 Å². The van der Waals surface area contributed by atoms with Crippen LogP contribution in [0.3, 0.4) is 0 Å². The van der Waals surface area contributed by atoms with Crippen molar-refractivity contribution in [1.82, 2.24) is 0 Å². The highest BCUT2D eigenvalue weighted by Crippen LogP contribution is 2.67. The molecule has 4 aliphatic carbocycles. The second-order valence-electron chi connectivity index (χ2n) is 12.8. The van der Waals surface area contributed by atoms with Crippen LogP contribution in [0.5, 0.6) is 0 Å². The zero-order valence-electron chi connectivity index (χ0n) is 21.3. The van der Waals surface area contributed by atoms with E-state index >= 15 is 0 Å². The first-order valence-electron chi connectivity index (χ1n) is 13.6. The van der Waals surface area contributed by atoms with Crippen molar-refractivity contribution in [3.8, 4) is 0 Å². The maximum absolute atomic E-state index is 11.7. The van der Waals surface area contributed by atoms with Gasteiger partial charge < -0.3 is 4.74 Å². The van der Waals surface area contributed by atoms with Crippen molar-refractivity contribution in [3.05, 3.63) is 11.6 Å². The topological polar surface area (TPSA) is 26.3 Å². The minimum absolute atomic E-state index is 0.0329. The Morgan fingerprint density at radius 1 is 1.09 bits per heavy atom. The zero-order chi connectivity index (χ0) is 23.1. The Labute approximate surface area is 202 Å². The van der Waals surface area contributed by atoms with E-state index in [0.29, 0.717) is 10.8 Å². The van der Waals surface area contributed by atoms with Gasteiger partial charge in [-0.25, -0.2) is 0 Å². The van der Waals surface area contributed by atoms with Crippen LogP contribution in [0.25, 0.3) is 0 Å². The van der Waals surface area contributed by atoms with Crippen LogP contribution in [-0.2, 0) is 9.53 Å². The van der Waals surface area contributed by atoms with Crippen molar-refractivity contribution in [1.29, 1.82) is 0 Å². The first-order chi connectivity index (χ1) is 15.2. The molecule has 2 nitrogen and oxygen atoms in total. The van der Waals surface area contributed by atoms with Crippen LogP contribution >= 0.6 is 11.6 Å². The van der Waals surface area contributed by atoms with Gasteiger partial charge in [-0.15, -0.1) is 11.6 Å². The van der Waals surface area contributed by atoms with Crippen LogP contribution in [0.4, 0.5) is 0 Å². The van der Waals surface area contributed by atoms with Crippen LogP contribution in [0, 0.1) is 46.3 Å². The van der Waals surface area contributed by atoms with Crippen LogP contribution in [0.15, 0.2) is 11.6 Å². The number of carbonyl (C=O) groups is 1. The molecule has 182 valence electrons. The number of hydrogen-bond donors (Lipinski definition) is 0. The second-order valence-corrected chi connectivity index (χ2v) is 13.0. The van der Waals surface area contributed by atoms with Gasteiger partial charge >= 0.3 is 5.97 Å². The van der Waals surface area contributed by atoms with E-state index in [2.05, 4.69) is 40.7 Å². The molecule has 0 aromatic carbocycles. The molecule has 3 heteroatoms. The number of halogens is 1. The van der Waals surface area contributed by atoms with Gasteiger partial charge in [0.05, 0.1) is 0 Å². The summed E-state index contributed by atoms with van der Waals surface area (Å²) >= 11 is 5.68. The summed E-state index contributed by atoms with van der Waals surface area (Å²) in [4.78, 5) is 11.7. The first kappa shape index (κ1) is 24.6. The number of ether oxygens (including phenoxy) is 1. The molecule has 0 aromatic heterocycles. The molecule has 0 saturated heterocycles. The summed E-state index contributed by atoms with van der Waals surface area (Å²) in [6.07, 6.45) is 16.9. The fourth-order valence-electron chi connectivity index (χ4n) is 8.97. The van der Waals surface area contributed by atoms with Crippen LogP contribution in [0.2, 0.25) is 0 Å². The highest BCUT2D eigenvalue weighted by atomic mass is 35.5. The molecule has 0 unspecified atom stereocenters. The molecule has 4 rings (SSSR count). The molecule has 3 saturated carbocycles. The third-order valence-electron chi connectivity index (χ3n) is 10.7. The molecule has 0 radical (unpaired) electrons. The van der Waals surface area contributed by atoms with E-state index in [1.807, 2.05) is 0 Å². The van der Waals surface area contributed by atoms with Gasteiger partial charge in [0.2, 0.25) is 0 Å². The van der Waals surface area contributed by atoms with Gasteiger partial charge in [0.25, 0.3) is 0 Å². The van der Waals surface area contributed by atoms with Crippen LogP contribution in [-0.4, -0.2) is 18.0 Å². The summed E-state index contributed by atoms with van der Waals surface area (Å²) in [6.45, 7) is 12.5. The molecule has 0 spiro atoms. The smallest absolute Gasteiger partial charge is 0.321 e. The number of hydrogen-bond acceptors (Lipinski definition) is 2. The summed E-state index contributed by atoms with van der Waals surface area (Å²) in [5, 5.41) is 0. The SMILES string of the molecule is CC(C)CCC[C@H](C)[C@H]1CC[C@H]2[C@@H]3CC=C4C[C@H](OC(=O)CCl)CC[C@]4(C)[C@H]3CC[C@]12C.